The molecule has 1 fully saturated rings. The summed E-state index contributed by atoms with van der Waals surface area (Å²) in [7, 11) is 0. The van der Waals surface area contributed by atoms with Crippen LogP contribution in [0.4, 0.5) is 0 Å². The molecule has 4 nitrogen and oxygen atoms in total. The quantitative estimate of drug-likeness (QED) is 0.944. The molecular formula is C16H18N4S. The number of pyridine rings is 1. The first-order chi connectivity index (χ1) is 10.4. The number of nitrogens with zero attached hydrogens (tertiary/aromatic N) is 3. The minimum atomic E-state index is 0.0849. The van der Waals surface area contributed by atoms with Crippen molar-refractivity contribution in [3.8, 4) is 0 Å². The van der Waals surface area contributed by atoms with Gasteiger partial charge in [-0.3, -0.25) is 9.98 Å². The summed E-state index contributed by atoms with van der Waals surface area (Å²) < 4.78 is 0. The van der Waals surface area contributed by atoms with Gasteiger partial charge >= 0.3 is 0 Å². The molecular weight excluding hydrogens is 280 g/mol. The van der Waals surface area contributed by atoms with Gasteiger partial charge in [0.25, 0.3) is 0 Å². The zero-order chi connectivity index (χ0) is 14.2. The highest BCUT2D eigenvalue weighted by Gasteiger charge is 2.45. The van der Waals surface area contributed by atoms with Crippen molar-refractivity contribution < 1.29 is 0 Å². The minimum absolute atomic E-state index is 0.0849. The van der Waals surface area contributed by atoms with E-state index in [1.165, 1.54) is 10.9 Å². The van der Waals surface area contributed by atoms with Crippen molar-refractivity contribution in [1.29, 1.82) is 0 Å². The SMILES string of the molecule is CC[C@H]1CSC2=N[C@@H](c3ccccn3)[C@@H](c3ccc[nH]3)N21. The normalized spacial score (nSPS) is 27.8. The number of thioether (sulfide) groups is 1. The molecule has 3 atom stereocenters. The average Bonchev–Trinajstić information content (AvgIpc) is 3.23. The Morgan fingerprint density at radius 2 is 2.29 bits per heavy atom. The van der Waals surface area contributed by atoms with Gasteiger partial charge in [0.1, 0.15) is 6.04 Å². The molecule has 2 aromatic rings. The van der Waals surface area contributed by atoms with Gasteiger partial charge in [-0.2, -0.15) is 0 Å². The second kappa shape index (κ2) is 5.22. The van der Waals surface area contributed by atoms with Crippen molar-refractivity contribution in [2.75, 3.05) is 5.75 Å². The molecule has 0 bridgehead atoms. The molecule has 0 amide bonds. The van der Waals surface area contributed by atoms with E-state index >= 15 is 0 Å². The third kappa shape index (κ3) is 2.07. The van der Waals surface area contributed by atoms with Crippen LogP contribution >= 0.6 is 11.8 Å². The summed E-state index contributed by atoms with van der Waals surface area (Å²) in [5.41, 5.74) is 2.28. The number of hydrogen-bond acceptors (Lipinski definition) is 4. The van der Waals surface area contributed by atoms with Crippen molar-refractivity contribution >= 4 is 16.9 Å². The van der Waals surface area contributed by atoms with Gasteiger partial charge in [0.2, 0.25) is 0 Å². The van der Waals surface area contributed by atoms with E-state index in [9.17, 15) is 0 Å². The number of nitrogens with one attached hydrogen (secondary N) is 1. The van der Waals surface area contributed by atoms with Crippen LogP contribution in [0.25, 0.3) is 0 Å². The molecule has 4 rings (SSSR count). The maximum atomic E-state index is 4.98. The predicted molar refractivity (Wildman–Crippen MR) is 86.3 cm³/mol. The van der Waals surface area contributed by atoms with Crippen LogP contribution in [0.1, 0.15) is 36.8 Å². The highest BCUT2D eigenvalue weighted by Crippen LogP contribution is 2.47. The topological polar surface area (TPSA) is 44.3 Å². The monoisotopic (exact) mass is 298 g/mol. The van der Waals surface area contributed by atoms with Gasteiger partial charge < -0.3 is 9.88 Å². The largest absolute Gasteiger partial charge is 0.363 e. The zero-order valence-electron chi connectivity index (χ0n) is 11.9. The molecule has 108 valence electrons. The molecule has 1 N–H and O–H groups in total. The molecule has 4 heterocycles. The summed E-state index contributed by atoms with van der Waals surface area (Å²) in [6, 6.07) is 11.2. The van der Waals surface area contributed by atoms with Crippen LogP contribution in [-0.2, 0) is 0 Å². The third-order valence-corrected chi connectivity index (χ3v) is 5.40. The van der Waals surface area contributed by atoms with Gasteiger partial charge in [-0.05, 0) is 30.7 Å². The maximum Gasteiger partial charge on any atom is 0.160 e. The molecule has 0 unspecified atom stereocenters. The Balaban J connectivity index is 1.78. The van der Waals surface area contributed by atoms with Crippen LogP contribution in [0.2, 0.25) is 0 Å². The van der Waals surface area contributed by atoms with E-state index in [0.717, 1.165) is 17.9 Å². The van der Waals surface area contributed by atoms with Crippen molar-refractivity contribution in [2.45, 2.75) is 31.5 Å². The molecule has 0 aliphatic carbocycles. The number of rotatable bonds is 3. The van der Waals surface area contributed by atoms with Crippen molar-refractivity contribution in [3.63, 3.8) is 0 Å². The lowest BCUT2D eigenvalue weighted by molar-refractivity contribution is 0.251. The summed E-state index contributed by atoms with van der Waals surface area (Å²) >= 11 is 1.88. The fraction of sp³-hybridized carbons (Fsp3) is 0.375. The zero-order valence-corrected chi connectivity index (χ0v) is 12.8. The Hall–Kier alpha value is -1.75. The van der Waals surface area contributed by atoms with Gasteiger partial charge in [0.15, 0.2) is 5.17 Å². The van der Waals surface area contributed by atoms with Gasteiger partial charge in [-0.25, -0.2) is 0 Å². The second-order valence-electron chi connectivity index (χ2n) is 5.46. The van der Waals surface area contributed by atoms with E-state index in [-0.39, 0.29) is 12.1 Å². The van der Waals surface area contributed by atoms with E-state index in [0.29, 0.717) is 6.04 Å². The fourth-order valence-corrected chi connectivity index (χ4v) is 4.55. The van der Waals surface area contributed by atoms with Gasteiger partial charge in [-0.15, -0.1) is 0 Å². The van der Waals surface area contributed by atoms with Gasteiger partial charge in [0.05, 0.1) is 11.7 Å². The number of aliphatic imine (C=N–C) groups is 1. The lowest BCUT2D eigenvalue weighted by Gasteiger charge is -2.30. The van der Waals surface area contributed by atoms with Gasteiger partial charge in [-0.1, -0.05) is 24.8 Å². The van der Waals surface area contributed by atoms with Crippen LogP contribution in [0.5, 0.6) is 0 Å². The molecule has 1 saturated heterocycles. The highest BCUT2D eigenvalue weighted by molar-refractivity contribution is 8.14. The van der Waals surface area contributed by atoms with Crippen LogP contribution in [0, 0.1) is 0 Å². The van der Waals surface area contributed by atoms with Crippen LogP contribution in [0.3, 0.4) is 0 Å². The number of aromatic amines is 1. The third-order valence-electron chi connectivity index (χ3n) is 4.27. The smallest absolute Gasteiger partial charge is 0.160 e. The first-order valence-electron chi connectivity index (χ1n) is 7.41. The standard InChI is InChI=1S/C16H18N4S/c1-2-11-10-21-16-19-14(12-6-3-4-8-17-12)15(20(11)16)13-7-5-9-18-13/h3-9,11,14-15,18H,2,10H2,1H3/t11-,14-,15+/m0/s1. The minimum Gasteiger partial charge on any atom is -0.363 e. The Morgan fingerprint density at radius 3 is 3.00 bits per heavy atom. The summed E-state index contributed by atoms with van der Waals surface area (Å²) in [6.07, 6.45) is 5.00. The van der Waals surface area contributed by atoms with Gasteiger partial charge in [0, 0.05) is 29.9 Å². The number of aromatic nitrogens is 2. The summed E-state index contributed by atoms with van der Waals surface area (Å²) in [4.78, 5) is 15.4. The number of amidine groups is 1. The second-order valence-corrected chi connectivity index (χ2v) is 6.45. The van der Waals surface area contributed by atoms with Crippen molar-refractivity contribution in [3.05, 3.63) is 54.1 Å². The van der Waals surface area contributed by atoms with E-state index in [1.54, 1.807) is 0 Å². The van der Waals surface area contributed by atoms with Crippen molar-refractivity contribution in [1.82, 2.24) is 14.9 Å². The Morgan fingerprint density at radius 1 is 1.33 bits per heavy atom. The predicted octanol–water partition coefficient (Wildman–Crippen LogP) is 3.39. The van der Waals surface area contributed by atoms with E-state index in [2.05, 4.69) is 40.0 Å². The Labute approximate surface area is 128 Å². The van der Waals surface area contributed by atoms with E-state index in [4.69, 9.17) is 4.99 Å². The molecule has 0 aromatic carbocycles. The highest BCUT2D eigenvalue weighted by atomic mass is 32.2. The first kappa shape index (κ1) is 13.0. The molecule has 21 heavy (non-hydrogen) atoms. The number of fused-ring (bicyclic) bond motifs is 1. The Kier molecular flexibility index (Phi) is 3.22. The summed E-state index contributed by atoms with van der Waals surface area (Å²) in [5, 5.41) is 1.18. The fourth-order valence-electron chi connectivity index (χ4n) is 3.21. The lowest BCUT2D eigenvalue weighted by Crippen LogP contribution is -2.35. The van der Waals surface area contributed by atoms with Crippen molar-refractivity contribution in [2.24, 2.45) is 4.99 Å². The molecule has 5 heteroatoms. The summed E-state index contributed by atoms with van der Waals surface area (Å²) in [5.74, 6) is 1.14. The van der Waals surface area contributed by atoms with Crippen LogP contribution < -0.4 is 0 Å². The average molecular weight is 298 g/mol. The lowest BCUT2D eigenvalue weighted by atomic mass is 10.00. The number of H-pyrrole nitrogens is 1. The molecule has 0 saturated carbocycles. The van der Waals surface area contributed by atoms with E-state index in [1.807, 2.05) is 36.3 Å². The van der Waals surface area contributed by atoms with Crippen LogP contribution in [-0.4, -0.2) is 31.8 Å². The summed E-state index contributed by atoms with van der Waals surface area (Å²) in [6.45, 7) is 2.26. The van der Waals surface area contributed by atoms with E-state index < -0.39 is 0 Å². The first-order valence-corrected chi connectivity index (χ1v) is 8.40. The molecule has 2 aliphatic rings. The molecule has 0 spiro atoms. The Bertz CT molecular complexity index is 638. The maximum absolute atomic E-state index is 4.98. The molecule has 0 radical (unpaired) electrons. The van der Waals surface area contributed by atoms with Crippen LogP contribution in [0.15, 0.2) is 47.7 Å². The number of hydrogen-bond donors (Lipinski definition) is 1. The molecule has 2 aliphatic heterocycles. The molecule has 2 aromatic heterocycles.